The van der Waals surface area contributed by atoms with Crippen LogP contribution in [0.3, 0.4) is 0 Å². The summed E-state index contributed by atoms with van der Waals surface area (Å²) in [5.41, 5.74) is 4.33. The molecular weight excluding hydrogens is 314 g/mol. The molecule has 0 saturated heterocycles. The Bertz CT molecular complexity index is 789. The van der Waals surface area contributed by atoms with E-state index < -0.39 is 0 Å². The van der Waals surface area contributed by atoms with Gasteiger partial charge in [-0.3, -0.25) is 4.79 Å². The van der Waals surface area contributed by atoms with E-state index in [2.05, 4.69) is 23.9 Å². The second-order valence-corrected chi connectivity index (χ2v) is 6.13. The van der Waals surface area contributed by atoms with Crippen LogP contribution in [0.2, 0.25) is 0 Å². The maximum Gasteiger partial charge on any atom is 0.337 e. The van der Waals surface area contributed by atoms with Gasteiger partial charge in [0.2, 0.25) is 5.91 Å². The first-order chi connectivity index (χ1) is 11.9. The summed E-state index contributed by atoms with van der Waals surface area (Å²) >= 11 is 0. The van der Waals surface area contributed by atoms with E-state index in [0.29, 0.717) is 11.5 Å². The molecule has 25 heavy (non-hydrogen) atoms. The van der Waals surface area contributed by atoms with Gasteiger partial charge in [0.25, 0.3) is 0 Å². The Morgan fingerprint density at radius 1 is 1.08 bits per heavy atom. The second-order valence-electron chi connectivity index (χ2n) is 6.13. The highest BCUT2D eigenvalue weighted by molar-refractivity contribution is 6.03. The molecule has 0 heterocycles. The van der Waals surface area contributed by atoms with Crippen LogP contribution in [0.4, 0.5) is 5.69 Å². The molecule has 0 atom stereocenters. The second kappa shape index (κ2) is 8.29. The van der Waals surface area contributed by atoms with Gasteiger partial charge in [-0.15, -0.1) is 0 Å². The van der Waals surface area contributed by atoms with E-state index in [1.165, 1.54) is 13.2 Å². The van der Waals surface area contributed by atoms with Crippen molar-refractivity contribution in [3.63, 3.8) is 0 Å². The van der Waals surface area contributed by atoms with Crippen molar-refractivity contribution in [2.45, 2.75) is 26.7 Å². The van der Waals surface area contributed by atoms with E-state index in [9.17, 15) is 9.59 Å². The van der Waals surface area contributed by atoms with Crippen molar-refractivity contribution in [1.29, 1.82) is 0 Å². The number of carbonyl (C=O) groups excluding carboxylic acids is 2. The van der Waals surface area contributed by atoms with E-state index in [0.717, 1.165) is 22.4 Å². The van der Waals surface area contributed by atoms with Crippen LogP contribution in [0.1, 0.15) is 46.8 Å². The third-order valence-corrected chi connectivity index (χ3v) is 3.93. The SMILES string of the molecule is COC(=O)c1ccc(/C=C/C(=O)Nc2c(C)cccc2C(C)C)cc1. The molecule has 130 valence electrons. The molecule has 0 spiro atoms. The van der Waals surface area contributed by atoms with Crippen molar-refractivity contribution in [2.24, 2.45) is 0 Å². The Balaban J connectivity index is 2.10. The van der Waals surface area contributed by atoms with Crippen molar-refractivity contribution in [1.82, 2.24) is 0 Å². The molecule has 0 saturated carbocycles. The number of benzene rings is 2. The average molecular weight is 337 g/mol. The highest BCUT2D eigenvalue weighted by atomic mass is 16.5. The lowest BCUT2D eigenvalue weighted by Gasteiger charge is -2.15. The molecule has 4 heteroatoms. The molecule has 0 aromatic heterocycles. The zero-order valence-corrected chi connectivity index (χ0v) is 15.0. The first kappa shape index (κ1) is 18.5. The van der Waals surface area contributed by atoms with E-state index >= 15 is 0 Å². The van der Waals surface area contributed by atoms with Gasteiger partial charge in [0.15, 0.2) is 0 Å². The molecular formula is C21H23NO3. The lowest BCUT2D eigenvalue weighted by molar-refractivity contribution is -0.111. The number of anilines is 1. The van der Waals surface area contributed by atoms with Gasteiger partial charge in [0, 0.05) is 11.8 Å². The smallest absolute Gasteiger partial charge is 0.337 e. The molecule has 4 nitrogen and oxygen atoms in total. The van der Waals surface area contributed by atoms with E-state index in [1.54, 1.807) is 30.3 Å². The highest BCUT2D eigenvalue weighted by Crippen LogP contribution is 2.27. The monoisotopic (exact) mass is 337 g/mol. The van der Waals surface area contributed by atoms with Gasteiger partial charge in [0.05, 0.1) is 12.7 Å². The van der Waals surface area contributed by atoms with Gasteiger partial charge in [-0.2, -0.15) is 0 Å². The molecule has 1 N–H and O–H groups in total. The van der Waals surface area contributed by atoms with Crippen LogP contribution >= 0.6 is 0 Å². The number of carbonyl (C=O) groups is 2. The molecule has 2 aromatic rings. The summed E-state index contributed by atoms with van der Waals surface area (Å²) in [6, 6.07) is 12.9. The first-order valence-electron chi connectivity index (χ1n) is 8.19. The average Bonchev–Trinajstić information content (AvgIpc) is 2.61. The minimum atomic E-state index is -0.381. The van der Waals surface area contributed by atoms with Crippen molar-refractivity contribution in [3.05, 3.63) is 70.8 Å². The number of methoxy groups -OCH3 is 1. The van der Waals surface area contributed by atoms with Crippen LogP contribution in [-0.2, 0) is 9.53 Å². The number of nitrogens with one attached hydrogen (secondary N) is 1. The molecule has 2 aromatic carbocycles. The quantitative estimate of drug-likeness (QED) is 0.643. The topological polar surface area (TPSA) is 55.4 Å². The molecule has 0 aliphatic heterocycles. The summed E-state index contributed by atoms with van der Waals surface area (Å²) in [6.07, 6.45) is 3.20. The number of para-hydroxylation sites is 1. The fraction of sp³-hybridized carbons (Fsp3) is 0.238. The normalized spacial score (nSPS) is 10.9. The number of hydrogen-bond donors (Lipinski definition) is 1. The van der Waals surface area contributed by atoms with Crippen LogP contribution in [0.25, 0.3) is 6.08 Å². The summed E-state index contributed by atoms with van der Waals surface area (Å²) < 4.78 is 4.66. The van der Waals surface area contributed by atoms with Crippen molar-refractivity contribution < 1.29 is 14.3 Å². The van der Waals surface area contributed by atoms with E-state index in [4.69, 9.17) is 0 Å². The lowest BCUT2D eigenvalue weighted by Crippen LogP contribution is -2.11. The minimum absolute atomic E-state index is 0.187. The summed E-state index contributed by atoms with van der Waals surface area (Å²) in [7, 11) is 1.34. The van der Waals surface area contributed by atoms with Gasteiger partial charge in [-0.1, -0.05) is 44.2 Å². The number of hydrogen-bond acceptors (Lipinski definition) is 3. The van der Waals surface area contributed by atoms with Crippen LogP contribution in [0.15, 0.2) is 48.5 Å². The maximum atomic E-state index is 12.3. The highest BCUT2D eigenvalue weighted by Gasteiger charge is 2.10. The number of rotatable bonds is 5. The minimum Gasteiger partial charge on any atom is -0.465 e. The number of amides is 1. The molecule has 0 aliphatic rings. The fourth-order valence-electron chi connectivity index (χ4n) is 2.53. The third-order valence-electron chi connectivity index (χ3n) is 3.93. The Kier molecular flexibility index (Phi) is 6.12. The Labute approximate surface area is 148 Å². The molecule has 2 rings (SSSR count). The number of esters is 1. The van der Waals surface area contributed by atoms with Crippen LogP contribution in [-0.4, -0.2) is 19.0 Å². The van der Waals surface area contributed by atoms with Crippen molar-refractivity contribution >= 4 is 23.6 Å². The van der Waals surface area contributed by atoms with Gasteiger partial charge >= 0.3 is 5.97 Å². The number of aryl methyl sites for hydroxylation is 1. The third kappa shape index (κ3) is 4.80. The van der Waals surface area contributed by atoms with Crippen LogP contribution < -0.4 is 5.32 Å². The van der Waals surface area contributed by atoms with Crippen molar-refractivity contribution in [3.8, 4) is 0 Å². The maximum absolute atomic E-state index is 12.3. The molecule has 0 aliphatic carbocycles. The zero-order valence-electron chi connectivity index (χ0n) is 15.0. The van der Waals surface area contributed by atoms with E-state index in [1.807, 2.05) is 25.1 Å². The molecule has 1 amide bonds. The molecule has 0 fully saturated rings. The van der Waals surface area contributed by atoms with E-state index in [-0.39, 0.29) is 11.9 Å². The fourth-order valence-corrected chi connectivity index (χ4v) is 2.53. The summed E-state index contributed by atoms with van der Waals surface area (Å²) in [4.78, 5) is 23.7. The largest absolute Gasteiger partial charge is 0.465 e. The zero-order chi connectivity index (χ0) is 18.4. The lowest BCUT2D eigenvalue weighted by atomic mass is 9.98. The summed E-state index contributed by atoms with van der Waals surface area (Å²) in [5, 5.41) is 2.97. The van der Waals surface area contributed by atoms with Crippen LogP contribution in [0.5, 0.6) is 0 Å². The van der Waals surface area contributed by atoms with Gasteiger partial charge in [0.1, 0.15) is 0 Å². The van der Waals surface area contributed by atoms with Gasteiger partial charge < -0.3 is 10.1 Å². The summed E-state index contributed by atoms with van der Waals surface area (Å²) in [6.45, 7) is 6.18. The Morgan fingerprint density at radius 3 is 2.36 bits per heavy atom. The number of ether oxygens (including phenoxy) is 1. The first-order valence-corrected chi connectivity index (χ1v) is 8.19. The predicted octanol–water partition coefficient (Wildman–Crippen LogP) is 4.56. The molecule has 0 radical (unpaired) electrons. The molecule has 0 bridgehead atoms. The van der Waals surface area contributed by atoms with Gasteiger partial charge in [-0.05, 0) is 47.7 Å². The van der Waals surface area contributed by atoms with Crippen molar-refractivity contribution in [2.75, 3.05) is 12.4 Å². The summed E-state index contributed by atoms with van der Waals surface area (Å²) in [5.74, 6) is -0.243. The predicted molar refractivity (Wildman–Crippen MR) is 101 cm³/mol. The Hall–Kier alpha value is -2.88. The van der Waals surface area contributed by atoms with Gasteiger partial charge in [-0.25, -0.2) is 4.79 Å². The van der Waals surface area contributed by atoms with Crippen LogP contribution in [0, 0.1) is 6.92 Å². The standard InChI is InChI=1S/C21H23NO3/c1-14(2)18-7-5-6-15(3)20(18)22-19(23)13-10-16-8-11-17(12-9-16)21(24)25-4/h5-14H,1-4H3,(H,22,23)/b13-10+. The molecule has 0 unspecified atom stereocenters. The Morgan fingerprint density at radius 2 is 1.76 bits per heavy atom.